The highest BCUT2D eigenvalue weighted by atomic mass is 32.2. The van der Waals surface area contributed by atoms with Crippen molar-refractivity contribution < 1.29 is 18.1 Å². The SMILES string of the molecule is Cc1ccc(OC2CCN(S(=O)(=O)CCc3ccccc3)CC2)c([N+](=O)[O-])c1. The molecule has 1 heterocycles. The normalized spacial score (nSPS) is 16.0. The minimum absolute atomic E-state index is 0.0575. The Kier molecular flexibility index (Phi) is 6.31. The zero-order valence-corrected chi connectivity index (χ0v) is 16.6. The van der Waals surface area contributed by atoms with Crippen molar-refractivity contribution in [1.82, 2.24) is 4.31 Å². The van der Waals surface area contributed by atoms with Gasteiger partial charge in [-0.1, -0.05) is 36.4 Å². The van der Waals surface area contributed by atoms with Crippen LogP contribution in [0.25, 0.3) is 0 Å². The molecule has 1 aliphatic heterocycles. The van der Waals surface area contributed by atoms with Gasteiger partial charge in [0, 0.05) is 19.2 Å². The Labute approximate surface area is 165 Å². The van der Waals surface area contributed by atoms with Gasteiger partial charge >= 0.3 is 5.69 Å². The van der Waals surface area contributed by atoms with Gasteiger partial charge in [0.15, 0.2) is 5.75 Å². The van der Waals surface area contributed by atoms with E-state index < -0.39 is 14.9 Å². The van der Waals surface area contributed by atoms with Crippen LogP contribution in [-0.4, -0.2) is 42.6 Å². The summed E-state index contributed by atoms with van der Waals surface area (Å²) in [6, 6.07) is 14.4. The van der Waals surface area contributed by atoms with Crippen LogP contribution in [0.15, 0.2) is 48.5 Å². The van der Waals surface area contributed by atoms with Crippen LogP contribution in [-0.2, 0) is 16.4 Å². The van der Waals surface area contributed by atoms with Crippen LogP contribution < -0.4 is 4.74 Å². The first-order valence-corrected chi connectivity index (χ1v) is 10.9. The summed E-state index contributed by atoms with van der Waals surface area (Å²) in [7, 11) is -3.34. The lowest BCUT2D eigenvalue weighted by atomic mass is 10.1. The summed E-state index contributed by atoms with van der Waals surface area (Å²) >= 11 is 0. The molecule has 0 N–H and O–H groups in total. The van der Waals surface area contributed by atoms with E-state index in [-0.39, 0.29) is 23.3 Å². The highest BCUT2D eigenvalue weighted by Gasteiger charge is 2.29. The average Bonchev–Trinajstić information content (AvgIpc) is 2.69. The maximum absolute atomic E-state index is 12.6. The van der Waals surface area contributed by atoms with Crippen molar-refractivity contribution in [2.45, 2.75) is 32.3 Å². The molecule has 0 saturated carbocycles. The van der Waals surface area contributed by atoms with Gasteiger partial charge in [-0.15, -0.1) is 0 Å². The van der Waals surface area contributed by atoms with E-state index in [9.17, 15) is 18.5 Å². The standard InChI is InChI=1S/C20H24N2O5S/c1-16-7-8-20(19(15-16)22(23)24)27-18-9-12-21(13-10-18)28(25,26)14-11-17-5-3-2-4-6-17/h2-8,15,18H,9-14H2,1H3. The lowest BCUT2D eigenvalue weighted by Gasteiger charge is -2.31. The van der Waals surface area contributed by atoms with Crippen LogP contribution in [0, 0.1) is 17.0 Å². The van der Waals surface area contributed by atoms with Gasteiger partial charge in [0.05, 0.1) is 10.7 Å². The van der Waals surface area contributed by atoms with Crippen molar-refractivity contribution >= 4 is 15.7 Å². The first-order valence-electron chi connectivity index (χ1n) is 9.28. The molecule has 150 valence electrons. The highest BCUT2D eigenvalue weighted by Crippen LogP contribution is 2.30. The second-order valence-electron chi connectivity index (χ2n) is 7.00. The van der Waals surface area contributed by atoms with Crippen LogP contribution >= 0.6 is 0 Å². The molecule has 0 radical (unpaired) electrons. The van der Waals surface area contributed by atoms with Gasteiger partial charge in [-0.3, -0.25) is 10.1 Å². The lowest BCUT2D eigenvalue weighted by Crippen LogP contribution is -2.43. The zero-order chi connectivity index (χ0) is 20.1. The molecule has 3 rings (SSSR count). The number of hydrogen-bond acceptors (Lipinski definition) is 5. The number of nitro groups is 1. The van der Waals surface area contributed by atoms with Crippen molar-refractivity contribution in [3.8, 4) is 5.75 Å². The molecule has 8 heteroatoms. The first kappa shape index (κ1) is 20.3. The molecular formula is C20H24N2O5S. The quantitative estimate of drug-likeness (QED) is 0.522. The molecular weight excluding hydrogens is 380 g/mol. The van der Waals surface area contributed by atoms with Crippen LogP contribution in [0.2, 0.25) is 0 Å². The fraction of sp³-hybridized carbons (Fsp3) is 0.400. The molecule has 1 saturated heterocycles. The number of benzene rings is 2. The molecule has 1 fully saturated rings. The third-order valence-corrected chi connectivity index (χ3v) is 6.76. The Bertz CT molecular complexity index is 923. The van der Waals surface area contributed by atoms with Gasteiger partial charge in [-0.2, -0.15) is 0 Å². The smallest absolute Gasteiger partial charge is 0.311 e. The van der Waals surface area contributed by atoms with E-state index in [1.165, 1.54) is 10.4 Å². The molecule has 0 aliphatic carbocycles. The monoisotopic (exact) mass is 404 g/mol. The van der Waals surface area contributed by atoms with E-state index >= 15 is 0 Å². The summed E-state index contributed by atoms with van der Waals surface area (Å²) in [4.78, 5) is 10.8. The summed E-state index contributed by atoms with van der Waals surface area (Å²) in [6.45, 7) is 2.51. The fourth-order valence-corrected chi connectivity index (χ4v) is 4.82. The van der Waals surface area contributed by atoms with E-state index in [0.717, 1.165) is 11.1 Å². The molecule has 0 amide bonds. The molecule has 2 aromatic carbocycles. The summed E-state index contributed by atoms with van der Waals surface area (Å²) in [6.07, 6.45) is 1.27. The van der Waals surface area contributed by atoms with Gasteiger partial charge in [0.25, 0.3) is 0 Å². The number of hydrogen-bond donors (Lipinski definition) is 0. The van der Waals surface area contributed by atoms with E-state index in [0.29, 0.717) is 32.4 Å². The number of rotatable bonds is 7. The van der Waals surface area contributed by atoms with Crippen LogP contribution in [0.1, 0.15) is 24.0 Å². The molecule has 0 bridgehead atoms. The predicted molar refractivity (Wildman–Crippen MR) is 107 cm³/mol. The molecule has 1 aliphatic rings. The van der Waals surface area contributed by atoms with Gasteiger partial charge in [-0.05, 0) is 43.4 Å². The van der Waals surface area contributed by atoms with Crippen molar-refractivity contribution in [3.05, 3.63) is 69.8 Å². The summed E-state index contributed by atoms with van der Waals surface area (Å²) in [5.41, 5.74) is 1.73. The molecule has 7 nitrogen and oxygen atoms in total. The maximum atomic E-state index is 12.6. The van der Waals surface area contributed by atoms with Crippen LogP contribution in [0.3, 0.4) is 0 Å². The van der Waals surface area contributed by atoms with E-state index in [2.05, 4.69) is 0 Å². The average molecular weight is 404 g/mol. The van der Waals surface area contributed by atoms with Gasteiger partial charge in [0.2, 0.25) is 10.0 Å². The topological polar surface area (TPSA) is 89.8 Å². The van der Waals surface area contributed by atoms with Gasteiger partial charge in [0.1, 0.15) is 6.10 Å². The van der Waals surface area contributed by atoms with Crippen molar-refractivity contribution in [2.24, 2.45) is 0 Å². The third-order valence-electron chi connectivity index (χ3n) is 4.89. The second kappa shape index (κ2) is 8.70. The van der Waals surface area contributed by atoms with Crippen LogP contribution in [0.4, 0.5) is 5.69 Å². The predicted octanol–water partition coefficient (Wildman–Crippen LogP) is 3.32. The van der Waals surface area contributed by atoms with Crippen molar-refractivity contribution in [1.29, 1.82) is 0 Å². The van der Waals surface area contributed by atoms with Crippen LogP contribution in [0.5, 0.6) is 5.75 Å². The van der Waals surface area contributed by atoms with Gasteiger partial charge < -0.3 is 4.74 Å². The molecule has 0 aromatic heterocycles. The number of nitro benzene ring substituents is 1. The molecule has 28 heavy (non-hydrogen) atoms. The number of aryl methyl sites for hydroxylation is 2. The van der Waals surface area contributed by atoms with Gasteiger partial charge in [-0.25, -0.2) is 12.7 Å². The Hall–Kier alpha value is -2.45. The minimum Gasteiger partial charge on any atom is -0.483 e. The maximum Gasteiger partial charge on any atom is 0.311 e. The number of nitrogens with zero attached hydrogens (tertiary/aromatic N) is 2. The first-order chi connectivity index (χ1) is 13.3. The Morgan fingerprint density at radius 2 is 1.82 bits per heavy atom. The molecule has 0 atom stereocenters. The minimum atomic E-state index is -3.34. The van der Waals surface area contributed by atoms with Crippen molar-refractivity contribution in [2.75, 3.05) is 18.8 Å². The Balaban J connectivity index is 1.56. The fourth-order valence-electron chi connectivity index (χ4n) is 3.30. The largest absolute Gasteiger partial charge is 0.483 e. The third kappa shape index (κ3) is 5.08. The molecule has 0 unspecified atom stereocenters. The summed E-state index contributed by atoms with van der Waals surface area (Å²) in [5.74, 6) is 0.312. The number of ether oxygens (including phenoxy) is 1. The lowest BCUT2D eigenvalue weighted by molar-refractivity contribution is -0.386. The second-order valence-corrected chi connectivity index (χ2v) is 9.08. The Morgan fingerprint density at radius 3 is 2.46 bits per heavy atom. The van der Waals surface area contributed by atoms with E-state index in [1.54, 1.807) is 19.1 Å². The molecule has 0 spiro atoms. The van der Waals surface area contributed by atoms with E-state index in [4.69, 9.17) is 4.74 Å². The Morgan fingerprint density at radius 1 is 1.14 bits per heavy atom. The zero-order valence-electron chi connectivity index (χ0n) is 15.8. The summed E-state index contributed by atoms with van der Waals surface area (Å²) in [5, 5.41) is 11.2. The summed E-state index contributed by atoms with van der Waals surface area (Å²) < 4.78 is 32.5. The molecule has 2 aromatic rings. The highest BCUT2D eigenvalue weighted by molar-refractivity contribution is 7.89. The van der Waals surface area contributed by atoms with E-state index in [1.807, 2.05) is 30.3 Å². The number of piperidine rings is 1. The number of sulfonamides is 1. The van der Waals surface area contributed by atoms with Crippen molar-refractivity contribution in [3.63, 3.8) is 0 Å².